The largest absolute Gasteiger partial charge is 0.0654 e. The summed E-state index contributed by atoms with van der Waals surface area (Å²) in [4.78, 5) is 0. The Hall–Kier alpha value is 0.430. The summed E-state index contributed by atoms with van der Waals surface area (Å²) in [6.07, 6.45) is 16.1. The van der Waals surface area contributed by atoms with E-state index in [0.29, 0.717) is 0 Å². The molecule has 0 aliphatic carbocycles. The topological polar surface area (TPSA) is 0 Å². The number of hydrogen-bond donors (Lipinski definition) is 0. The van der Waals surface area contributed by atoms with Gasteiger partial charge in [-0.2, -0.15) is 0 Å². The van der Waals surface area contributed by atoms with Gasteiger partial charge in [0.05, 0.1) is 23.1 Å². The molecule has 0 atom stereocenters. The molecular formula is C21H46P+. The molecule has 0 saturated heterocycles. The highest BCUT2D eigenvalue weighted by Crippen LogP contribution is 2.70. The third kappa shape index (κ3) is 7.81. The molecule has 1 heteroatoms. The summed E-state index contributed by atoms with van der Waals surface area (Å²) in [5.74, 6) is 0. The second-order valence-corrected chi connectivity index (χ2v) is 13.7. The van der Waals surface area contributed by atoms with E-state index in [1.54, 1.807) is 0 Å². The summed E-state index contributed by atoms with van der Waals surface area (Å²) in [5.41, 5.74) is 2.73. The molecule has 0 heterocycles. The van der Waals surface area contributed by atoms with Crippen LogP contribution >= 0.6 is 7.26 Å². The molecule has 0 fully saturated rings. The molecule has 0 nitrogen and oxygen atoms in total. The standard InChI is InChI=1S/C21H46P/c1-8-9-10-11-12-13-14-15-16-17-18-22(19(2)3,20(4)5)21(6)7/h19-21H,8-18H2,1-7H3/q+1. The molecule has 0 unspecified atom stereocenters. The van der Waals surface area contributed by atoms with Crippen molar-refractivity contribution in [2.45, 2.75) is 130 Å². The summed E-state index contributed by atoms with van der Waals surface area (Å²) in [6.45, 7) is 17.2. The average molecular weight is 330 g/mol. The third-order valence-corrected chi connectivity index (χ3v) is 12.6. The molecule has 0 aliphatic heterocycles. The van der Waals surface area contributed by atoms with Crippen molar-refractivity contribution >= 4 is 7.26 Å². The molecular weight excluding hydrogens is 283 g/mol. The van der Waals surface area contributed by atoms with Crippen LogP contribution in [0.15, 0.2) is 0 Å². The average Bonchev–Trinajstić information content (AvgIpc) is 2.43. The summed E-state index contributed by atoms with van der Waals surface area (Å²) in [7, 11) is -0.786. The molecule has 0 aromatic rings. The lowest BCUT2D eigenvalue weighted by molar-refractivity contribution is 0.562. The molecule has 22 heavy (non-hydrogen) atoms. The molecule has 0 rings (SSSR count). The maximum atomic E-state index is 2.49. The lowest BCUT2D eigenvalue weighted by Crippen LogP contribution is -2.26. The Balaban J connectivity index is 3.87. The SMILES string of the molecule is CCCCCCCCCCCC[P+](C(C)C)(C(C)C)C(C)C. The Morgan fingerprint density at radius 2 is 0.818 bits per heavy atom. The van der Waals surface area contributed by atoms with Crippen molar-refractivity contribution in [1.82, 2.24) is 0 Å². The van der Waals surface area contributed by atoms with Gasteiger partial charge < -0.3 is 0 Å². The van der Waals surface area contributed by atoms with Gasteiger partial charge in [-0.3, -0.25) is 0 Å². The van der Waals surface area contributed by atoms with Crippen LogP contribution in [0.1, 0.15) is 113 Å². The van der Waals surface area contributed by atoms with E-state index in [1.165, 1.54) is 70.4 Å². The molecule has 0 radical (unpaired) electrons. The molecule has 0 bridgehead atoms. The van der Waals surface area contributed by atoms with Crippen LogP contribution in [0.25, 0.3) is 0 Å². The number of rotatable bonds is 14. The Morgan fingerprint density at radius 1 is 0.500 bits per heavy atom. The van der Waals surface area contributed by atoms with Crippen molar-refractivity contribution in [2.75, 3.05) is 6.16 Å². The van der Waals surface area contributed by atoms with Gasteiger partial charge in [0.15, 0.2) is 0 Å². The number of unbranched alkanes of at least 4 members (excludes halogenated alkanes) is 9. The third-order valence-electron chi connectivity index (χ3n) is 5.78. The zero-order chi connectivity index (χ0) is 17.0. The zero-order valence-electron chi connectivity index (χ0n) is 17.0. The van der Waals surface area contributed by atoms with Crippen LogP contribution in [-0.2, 0) is 0 Å². The van der Waals surface area contributed by atoms with Crippen LogP contribution < -0.4 is 0 Å². The van der Waals surface area contributed by atoms with E-state index >= 15 is 0 Å². The number of hydrogen-bond acceptors (Lipinski definition) is 0. The van der Waals surface area contributed by atoms with Crippen LogP contribution in [0.3, 0.4) is 0 Å². The summed E-state index contributed by atoms with van der Waals surface area (Å²) in [6, 6.07) is 0. The van der Waals surface area contributed by atoms with Crippen molar-refractivity contribution in [1.29, 1.82) is 0 Å². The van der Waals surface area contributed by atoms with E-state index in [-0.39, 0.29) is 0 Å². The molecule has 134 valence electrons. The maximum Gasteiger partial charge on any atom is 0.0646 e. The van der Waals surface area contributed by atoms with Crippen LogP contribution in [0.4, 0.5) is 0 Å². The molecule has 0 N–H and O–H groups in total. The predicted molar refractivity (Wildman–Crippen MR) is 109 cm³/mol. The van der Waals surface area contributed by atoms with Gasteiger partial charge in [-0.05, 0) is 54.4 Å². The summed E-state index contributed by atoms with van der Waals surface area (Å²) >= 11 is 0. The Kier molecular flexibility index (Phi) is 13.1. The summed E-state index contributed by atoms with van der Waals surface area (Å²) in [5, 5.41) is 0. The van der Waals surface area contributed by atoms with Gasteiger partial charge >= 0.3 is 0 Å². The van der Waals surface area contributed by atoms with E-state index in [0.717, 1.165) is 17.0 Å². The molecule has 0 aromatic heterocycles. The fourth-order valence-electron chi connectivity index (χ4n) is 4.44. The van der Waals surface area contributed by atoms with Crippen molar-refractivity contribution in [2.24, 2.45) is 0 Å². The van der Waals surface area contributed by atoms with Crippen molar-refractivity contribution in [3.05, 3.63) is 0 Å². The van der Waals surface area contributed by atoms with Crippen LogP contribution in [0, 0.1) is 0 Å². The Bertz CT molecular complexity index is 221. The van der Waals surface area contributed by atoms with Gasteiger partial charge in [-0.25, -0.2) is 0 Å². The van der Waals surface area contributed by atoms with E-state index in [9.17, 15) is 0 Å². The van der Waals surface area contributed by atoms with E-state index < -0.39 is 7.26 Å². The Labute approximate surface area is 143 Å². The molecule has 0 saturated carbocycles. The van der Waals surface area contributed by atoms with Crippen molar-refractivity contribution < 1.29 is 0 Å². The van der Waals surface area contributed by atoms with Gasteiger partial charge in [0.25, 0.3) is 0 Å². The van der Waals surface area contributed by atoms with Crippen molar-refractivity contribution in [3.63, 3.8) is 0 Å². The lowest BCUT2D eigenvalue weighted by atomic mass is 10.1. The van der Waals surface area contributed by atoms with Gasteiger partial charge in [0.2, 0.25) is 0 Å². The normalized spacial score (nSPS) is 12.8. The second kappa shape index (κ2) is 12.8. The van der Waals surface area contributed by atoms with Crippen LogP contribution in [-0.4, -0.2) is 23.1 Å². The monoisotopic (exact) mass is 329 g/mol. The molecule has 0 amide bonds. The minimum Gasteiger partial charge on any atom is -0.0654 e. The predicted octanol–water partition coefficient (Wildman–Crippen LogP) is 8.15. The van der Waals surface area contributed by atoms with Gasteiger partial charge in [-0.1, -0.05) is 58.3 Å². The van der Waals surface area contributed by atoms with Gasteiger partial charge in [-0.15, -0.1) is 0 Å². The highest BCUT2D eigenvalue weighted by molar-refractivity contribution is 7.77. The van der Waals surface area contributed by atoms with E-state index in [1.807, 2.05) is 0 Å². The smallest absolute Gasteiger partial charge is 0.0646 e. The first-order valence-electron chi connectivity index (χ1n) is 10.3. The highest BCUT2D eigenvalue weighted by Gasteiger charge is 2.46. The minimum atomic E-state index is -0.786. The van der Waals surface area contributed by atoms with Crippen LogP contribution in [0.2, 0.25) is 0 Å². The van der Waals surface area contributed by atoms with Gasteiger partial charge in [0, 0.05) is 7.26 Å². The summed E-state index contributed by atoms with van der Waals surface area (Å²) < 4.78 is 0. The highest BCUT2D eigenvalue weighted by atomic mass is 31.2. The minimum absolute atomic E-state index is 0.786. The first kappa shape index (κ1) is 22.4. The first-order valence-corrected chi connectivity index (χ1v) is 12.4. The van der Waals surface area contributed by atoms with Crippen LogP contribution in [0.5, 0.6) is 0 Å². The molecule has 0 aromatic carbocycles. The van der Waals surface area contributed by atoms with E-state index in [4.69, 9.17) is 0 Å². The quantitative estimate of drug-likeness (QED) is 0.223. The second-order valence-electron chi connectivity index (χ2n) is 8.18. The molecule has 0 aliphatic rings. The fourth-order valence-corrected chi connectivity index (χ4v) is 10.3. The van der Waals surface area contributed by atoms with Crippen molar-refractivity contribution in [3.8, 4) is 0 Å². The first-order chi connectivity index (χ1) is 10.4. The Morgan fingerprint density at radius 3 is 1.14 bits per heavy atom. The lowest BCUT2D eigenvalue weighted by Gasteiger charge is -2.38. The zero-order valence-corrected chi connectivity index (χ0v) is 17.9. The van der Waals surface area contributed by atoms with Gasteiger partial charge in [0.1, 0.15) is 0 Å². The van der Waals surface area contributed by atoms with E-state index in [2.05, 4.69) is 48.5 Å². The molecule has 0 spiro atoms. The maximum absolute atomic E-state index is 2.49. The fraction of sp³-hybridized carbons (Fsp3) is 1.00.